The van der Waals surface area contributed by atoms with Gasteiger partial charge in [0.25, 0.3) is 0 Å². The number of aromatic nitrogens is 6. The average Bonchev–Trinajstić information content (AvgIpc) is 3.49. The van der Waals surface area contributed by atoms with E-state index >= 15 is 0 Å². The maximum absolute atomic E-state index is 14.5. The molecule has 0 aliphatic rings. The molecule has 7 aromatic rings. The molecule has 0 unspecified atom stereocenters. The van der Waals surface area contributed by atoms with Crippen LogP contribution in [0.5, 0.6) is 0 Å². The molecule has 246 valence electrons. The summed E-state index contributed by atoms with van der Waals surface area (Å²) in [4.78, 5) is 22.9. The van der Waals surface area contributed by atoms with Gasteiger partial charge in [-0.05, 0) is 70.0 Å². The van der Waals surface area contributed by atoms with Crippen LogP contribution in [0.15, 0.2) is 48.5 Å². The number of rotatable bonds is 3. The third kappa shape index (κ3) is 4.81. The van der Waals surface area contributed by atoms with Crippen LogP contribution in [0.3, 0.4) is 0 Å². The van der Waals surface area contributed by atoms with Crippen LogP contribution in [0.25, 0.3) is 33.1 Å². The van der Waals surface area contributed by atoms with Crippen LogP contribution in [-0.2, 0) is 10.8 Å². The van der Waals surface area contributed by atoms with E-state index in [4.69, 9.17) is 19.9 Å². The zero-order valence-electron chi connectivity index (χ0n) is 29.5. The van der Waals surface area contributed by atoms with E-state index in [2.05, 4.69) is 102 Å². The first kappa shape index (κ1) is 31.7. The van der Waals surface area contributed by atoms with E-state index in [1.54, 1.807) is 12.1 Å². The van der Waals surface area contributed by atoms with Crippen molar-refractivity contribution in [3.05, 3.63) is 99.9 Å². The molecule has 7 nitrogen and oxygen atoms in total. The fourth-order valence-corrected chi connectivity index (χ4v) is 7.03. The topological polar surface area (TPSA) is 63.6 Å². The third-order valence-electron chi connectivity index (χ3n) is 9.07. The molecule has 0 aliphatic carbocycles. The van der Waals surface area contributed by atoms with Gasteiger partial charge in [0, 0.05) is 33.7 Å². The molecule has 0 saturated heterocycles. The van der Waals surface area contributed by atoms with Crippen LogP contribution in [0.2, 0.25) is 0 Å². The van der Waals surface area contributed by atoms with Gasteiger partial charge in [-0.3, -0.25) is 13.7 Å². The minimum Gasteiger partial charge on any atom is -0.282 e. The quantitative estimate of drug-likeness (QED) is 0.191. The summed E-state index contributed by atoms with van der Waals surface area (Å²) in [5.74, 6) is 2.27. The van der Waals surface area contributed by atoms with Crippen molar-refractivity contribution < 1.29 is 8.78 Å². The Bertz CT molecular complexity index is 2290. The Morgan fingerprint density at radius 1 is 0.562 bits per heavy atom. The second-order valence-electron chi connectivity index (χ2n) is 15.1. The van der Waals surface area contributed by atoms with Gasteiger partial charge < -0.3 is 0 Å². The summed E-state index contributed by atoms with van der Waals surface area (Å²) in [6, 6.07) is 13.7. The first-order valence-corrected chi connectivity index (χ1v) is 16.3. The summed E-state index contributed by atoms with van der Waals surface area (Å²) in [7, 11) is 0. The van der Waals surface area contributed by atoms with Crippen molar-refractivity contribution >= 4 is 50.4 Å². The molecule has 3 aromatic carbocycles. The highest BCUT2D eigenvalue weighted by Gasteiger charge is 2.32. The van der Waals surface area contributed by atoms with E-state index in [1.165, 1.54) is 24.3 Å². The molecule has 0 radical (unpaired) electrons. The molecule has 0 N–H and O–H groups in total. The Morgan fingerprint density at radius 2 is 0.958 bits per heavy atom. The number of anilines is 3. The lowest BCUT2D eigenvalue weighted by molar-refractivity contribution is 0.537. The standard InChI is InChI=1S/C39H41F2N7/c1-20-16-21(2)31(22(3)17-20)48(32-23(4)46-34(44-32)27-14-12-25(40)18-29(27)42-36(46)38(6,7)8)33-24(5)47-35(45-33)28-15-13-26(41)19-30(28)43-37(47)39(9,10)11/h12-19H,1-11H3. The molecule has 9 heteroatoms. The van der Waals surface area contributed by atoms with E-state index in [1.807, 2.05) is 0 Å². The first-order chi connectivity index (χ1) is 22.5. The van der Waals surface area contributed by atoms with Crippen molar-refractivity contribution in [3.8, 4) is 0 Å². The Balaban J connectivity index is 1.66. The Labute approximate surface area is 279 Å². The van der Waals surface area contributed by atoms with Crippen LogP contribution < -0.4 is 4.90 Å². The monoisotopic (exact) mass is 645 g/mol. The lowest BCUT2D eigenvalue weighted by atomic mass is 9.95. The summed E-state index contributed by atoms with van der Waals surface area (Å²) in [6.07, 6.45) is 0. The number of hydrogen-bond acceptors (Lipinski definition) is 5. The van der Waals surface area contributed by atoms with Crippen molar-refractivity contribution in [2.45, 2.75) is 87.0 Å². The summed E-state index contributed by atoms with van der Waals surface area (Å²) >= 11 is 0. The molecule has 0 atom stereocenters. The molecule has 0 spiro atoms. The number of halogens is 2. The number of nitrogens with zero attached hydrogens (tertiary/aromatic N) is 7. The molecule has 0 bridgehead atoms. The van der Waals surface area contributed by atoms with Crippen LogP contribution in [0.4, 0.5) is 26.1 Å². The molecule has 4 heterocycles. The highest BCUT2D eigenvalue weighted by molar-refractivity contribution is 5.96. The molecule has 0 aliphatic heterocycles. The predicted molar refractivity (Wildman–Crippen MR) is 190 cm³/mol. The minimum atomic E-state index is -0.373. The van der Waals surface area contributed by atoms with Crippen molar-refractivity contribution in [1.82, 2.24) is 28.7 Å². The number of benzene rings is 3. The van der Waals surface area contributed by atoms with Crippen molar-refractivity contribution in [3.63, 3.8) is 0 Å². The van der Waals surface area contributed by atoms with Gasteiger partial charge in [-0.2, -0.15) is 0 Å². The molecule has 0 saturated carbocycles. The normalized spacial score (nSPS) is 12.7. The zero-order chi connectivity index (χ0) is 34.6. The fourth-order valence-electron chi connectivity index (χ4n) is 7.03. The largest absolute Gasteiger partial charge is 0.282 e. The van der Waals surface area contributed by atoms with Gasteiger partial charge in [0.2, 0.25) is 0 Å². The zero-order valence-corrected chi connectivity index (χ0v) is 29.5. The highest BCUT2D eigenvalue weighted by atomic mass is 19.1. The number of fused-ring (bicyclic) bond motifs is 6. The van der Waals surface area contributed by atoms with Gasteiger partial charge in [-0.15, -0.1) is 0 Å². The summed E-state index contributed by atoms with van der Waals surface area (Å²) in [6.45, 7) is 23.0. The van der Waals surface area contributed by atoms with Gasteiger partial charge in [-0.1, -0.05) is 59.2 Å². The van der Waals surface area contributed by atoms with Gasteiger partial charge in [-0.25, -0.2) is 28.7 Å². The van der Waals surface area contributed by atoms with Gasteiger partial charge in [0.05, 0.1) is 28.1 Å². The number of imidazole rings is 2. The second-order valence-corrected chi connectivity index (χ2v) is 15.1. The molecule has 0 amide bonds. The molecule has 4 aromatic heterocycles. The fraction of sp³-hybridized carbons (Fsp3) is 0.333. The van der Waals surface area contributed by atoms with Crippen LogP contribution >= 0.6 is 0 Å². The SMILES string of the molecule is Cc1cc(C)c(N(c2nc3c4ccc(F)cc4nc(C(C)(C)C)n3c2C)c2nc3c4ccc(F)cc4nc(C(C)(C)C)n3c2C)c(C)c1. The lowest BCUT2D eigenvalue weighted by Gasteiger charge is -2.27. The van der Waals surface area contributed by atoms with Crippen molar-refractivity contribution in [2.24, 2.45) is 0 Å². The van der Waals surface area contributed by atoms with E-state index < -0.39 is 0 Å². The molecule has 0 fully saturated rings. The van der Waals surface area contributed by atoms with E-state index in [9.17, 15) is 8.78 Å². The molecular formula is C39H41F2N7. The third-order valence-corrected chi connectivity index (χ3v) is 9.07. The number of hydrogen-bond donors (Lipinski definition) is 0. The second kappa shape index (κ2) is 10.5. The van der Waals surface area contributed by atoms with E-state index in [-0.39, 0.29) is 22.5 Å². The van der Waals surface area contributed by atoms with Crippen LogP contribution in [0, 0.1) is 46.3 Å². The Morgan fingerprint density at radius 3 is 1.33 bits per heavy atom. The molecular weight excluding hydrogens is 604 g/mol. The first-order valence-electron chi connectivity index (χ1n) is 16.3. The maximum Gasteiger partial charge on any atom is 0.161 e. The molecule has 48 heavy (non-hydrogen) atoms. The van der Waals surface area contributed by atoms with Crippen LogP contribution in [0.1, 0.15) is 81.3 Å². The average molecular weight is 646 g/mol. The minimum absolute atomic E-state index is 0.342. The number of aryl methyl sites for hydroxylation is 5. The highest BCUT2D eigenvalue weighted by Crippen LogP contribution is 2.44. The van der Waals surface area contributed by atoms with E-state index in [0.29, 0.717) is 34.0 Å². The summed E-state index contributed by atoms with van der Waals surface area (Å²) < 4.78 is 33.3. The van der Waals surface area contributed by atoms with Gasteiger partial charge >= 0.3 is 0 Å². The van der Waals surface area contributed by atoms with Crippen molar-refractivity contribution in [2.75, 3.05) is 4.90 Å². The lowest BCUT2D eigenvalue weighted by Crippen LogP contribution is -2.21. The van der Waals surface area contributed by atoms with Crippen LogP contribution in [-0.4, -0.2) is 28.7 Å². The molecule has 7 rings (SSSR count). The Hall–Kier alpha value is -4.92. The van der Waals surface area contributed by atoms with E-state index in [0.717, 1.165) is 56.2 Å². The smallest absolute Gasteiger partial charge is 0.161 e. The van der Waals surface area contributed by atoms with Gasteiger partial charge in [0.15, 0.2) is 11.6 Å². The maximum atomic E-state index is 14.5. The summed E-state index contributed by atoms with van der Waals surface area (Å²) in [5, 5.41) is 1.52. The van der Waals surface area contributed by atoms with Crippen molar-refractivity contribution in [1.29, 1.82) is 0 Å². The Kier molecular flexibility index (Phi) is 6.95. The summed E-state index contributed by atoms with van der Waals surface area (Å²) in [5.41, 5.74) is 7.80. The predicted octanol–water partition coefficient (Wildman–Crippen LogP) is 9.96. The van der Waals surface area contributed by atoms with Gasteiger partial charge in [0.1, 0.15) is 34.6 Å².